The van der Waals surface area contributed by atoms with E-state index in [2.05, 4.69) is 19.1 Å². The first kappa shape index (κ1) is 13.5. The van der Waals surface area contributed by atoms with Gasteiger partial charge in [-0.1, -0.05) is 37.3 Å². The first-order chi connectivity index (χ1) is 8.79. The Bertz CT molecular complexity index is 339. The number of aliphatic hydroxyl groups excluding tert-OH is 1. The van der Waals surface area contributed by atoms with E-state index >= 15 is 0 Å². The first-order valence-electron chi connectivity index (χ1n) is 6.67. The van der Waals surface area contributed by atoms with Gasteiger partial charge in [0.2, 0.25) is 0 Å². The van der Waals surface area contributed by atoms with Crippen molar-refractivity contribution in [1.29, 1.82) is 0 Å². The molecule has 0 radical (unpaired) electrons. The Morgan fingerprint density at radius 3 is 2.78 bits per heavy atom. The molecule has 3 atom stereocenters. The van der Waals surface area contributed by atoms with Crippen molar-refractivity contribution in [2.24, 2.45) is 5.92 Å². The molecule has 1 aliphatic rings. The summed E-state index contributed by atoms with van der Waals surface area (Å²) in [6, 6.07) is 10.2. The Labute approximate surface area is 109 Å². The molecule has 0 saturated carbocycles. The summed E-state index contributed by atoms with van der Waals surface area (Å²) < 4.78 is 11.4. The zero-order chi connectivity index (χ0) is 12.8. The standard InChI is InChI=1S/C15H22O3/c1-12-9-14(10-16)18-15(12)7-8-17-11-13-5-3-2-4-6-13/h2-6,12,14-16H,7-11H2,1H3/t12-,14-,15+/m1/s1. The van der Waals surface area contributed by atoms with Crippen molar-refractivity contribution in [2.75, 3.05) is 13.2 Å². The molecule has 1 aromatic carbocycles. The molecule has 1 aliphatic heterocycles. The van der Waals surface area contributed by atoms with Gasteiger partial charge in [0, 0.05) is 6.61 Å². The van der Waals surface area contributed by atoms with Gasteiger partial charge in [-0.25, -0.2) is 0 Å². The number of aliphatic hydroxyl groups is 1. The second-order valence-electron chi connectivity index (χ2n) is 5.02. The topological polar surface area (TPSA) is 38.7 Å². The minimum Gasteiger partial charge on any atom is -0.394 e. The average molecular weight is 250 g/mol. The summed E-state index contributed by atoms with van der Waals surface area (Å²) in [7, 11) is 0. The van der Waals surface area contributed by atoms with Crippen LogP contribution in [0.2, 0.25) is 0 Å². The third kappa shape index (κ3) is 3.80. The first-order valence-corrected chi connectivity index (χ1v) is 6.67. The summed E-state index contributed by atoms with van der Waals surface area (Å²) in [6.45, 7) is 3.68. The van der Waals surface area contributed by atoms with Crippen LogP contribution < -0.4 is 0 Å². The van der Waals surface area contributed by atoms with Crippen LogP contribution in [0.5, 0.6) is 0 Å². The number of rotatable bonds is 6. The molecule has 1 heterocycles. The smallest absolute Gasteiger partial charge is 0.0813 e. The fourth-order valence-electron chi connectivity index (χ4n) is 2.44. The van der Waals surface area contributed by atoms with Crippen LogP contribution in [0.4, 0.5) is 0 Å². The molecule has 100 valence electrons. The van der Waals surface area contributed by atoms with E-state index < -0.39 is 0 Å². The minimum atomic E-state index is 0.0270. The summed E-state index contributed by atoms with van der Waals surface area (Å²) in [4.78, 5) is 0. The Hall–Kier alpha value is -0.900. The Morgan fingerprint density at radius 1 is 1.33 bits per heavy atom. The summed E-state index contributed by atoms with van der Waals surface area (Å²) in [6.07, 6.45) is 2.13. The van der Waals surface area contributed by atoms with Crippen LogP contribution in [0, 0.1) is 5.92 Å². The molecule has 3 heteroatoms. The second-order valence-corrected chi connectivity index (χ2v) is 5.02. The molecule has 0 amide bonds. The number of hydrogen-bond donors (Lipinski definition) is 1. The SMILES string of the molecule is C[C@@H]1C[C@H](CO)O[C@H]1CCOCc1ccccc1. The zero-order valence-electron chi connectivity index (χ0n) is 10.9. The van der Waals surface area contributed by atoms with Crippen molar-refractivity contribution < 1.29 is 14.6 Å². The van der Waals surface area contributed by atoms with Gasteiger partial charge in [-0.05, 0) is 24.3 Å². The highest BCUT2D eigenvalue weighted by atomic mass is 16.5. The van der Waals surface area contributed by atoms with Crippen LogP contribution in [0.25, 0.3) is 0 Å². The predicted octanol–water partition coefficient (Wildman–Crippen LogP) is 2.38. The van der Waals surface area contributed by atoms with Crippen molar-refractivity contribution in [2.45, 2.75) is 38.6 Å². The lowest BCUT2D eigenvalue weighted by molar-refractivity contribution is -0.0128. The van der Waals surface area contributed by atoms with Gasteiger partial charge in [0.1, 0.15) is 0 Å². The van der Waals surface area contributed by atoms with Crippen LogP contribution in [-0.2, 0) is 16.1 Å². The van der Waals surface area contributed by atoms with Gasteiger partial charge in [-0.2, -0.15) is 0 Å². The lowest BCUT2D eigenvalue weighted by Gasteiger charge is -2.15. The van der Waals surface area contributed by atoms with Crippen LogP contribution in [0.1, 0.15) is 25.3 Å². The summed E-state index contributed by atoms with van der Waals surface area (Å²) in [5, 5.41) is 9.07. The van der Waals surface area contributed by atoms with Crippen LogP contribution in [0.3, 0.4) is 0 Å². The average Bonchev–Trinajstić information content (AvgIpc) is 2.77. The molecule has 0 bridgehead atoms. The van der Waals surface area contributed by atoms with E-state index in [4.69, 9.17) is 14.6 Å². The molecular weight excluding hydrogens is 228 g/mol. The lowest BCUT2D eigenvalue weighted by atomic mass is 10.00. The summed E-state index contributed by atoms with van der Waals surface area (Å²) in [5.74, 6) is 0.516. The monoisotopic (exact) mass is 250 g/mol. The summed E-state index contributed by atoms with van der Waals surface area (Å²) >= 11 is 0. The van der Waals surface area contributed by atoms with E-state index in [0.29, 0.717) is 19.1 Å². The fourth-order valence-corrected chi connectivity index (χ4v) is 2.44. The molecule has 0 spiro atoms. The van der Waals surface area contributed by atoms with E-state index in [1.807, 2.05) is 18.2 Å². The minimum absolute atomic E-state index is 0.0270. The number of hydrogen-bond acceptors (Lipinski definition) is 3. The number of ether oxygens (including phenoxy) is 2. The number of benzene rings is 1. The highest BCUT2D eigenvalue weighted by Crippen LogP contribution is 2.27. The Balaban J connectivity index is 1.64. The maximum absolute atomic E-state index is 9.07. The van der Waals surface area contributed by atoms with E-state index in [1.54, 1.807) is 0 Å². The molecular formula is C15H22O3. The molecule has 0 unspecified atom stereocenters. The van der Waals surface area contributed by atoms with Gasteiger partial charge < -0.3 is 14.6 Å². The van der Waals surface area contributed by atoms with E-state index in [9.17, 15) is 0 Å². The van der Waals surface area contributed by atoms with Gasteiger partial charge in [-0.15, -0.1) is 0 Å². The third-order valence-corrected chi connectivity index (χ3v) is 3.50. The van der Waals surface area contributed by atoms with Crippen LogP contribution in [-0.4, -0.2) is 30.5 Å². The Kier molecular flexibility index (Phi) is 5.17. The van der Waals surface area contributed by atoms with E-state index in [1.165, 1.54) is 5.56 Å². The molecule has 1 saturated heterocycles. The Morgan fingerprint density at radius 2 is 2.11 bits per heavy atom. The van der Waals surface area contributed by atoms with Crippen LogP contribution in [0.15, 0.2) is 30.3 Å². The molecule has 1 N–H and O–H groups in total. The lowest BCUT2D eigenvalue weighted by Crippen LogP contribution is -2.18. The van der Waals surface area contributed by atoms with Crippen molar-refractivity contribution in [3.63, 3.8) is 0 Å². The molecule has 2 rings (SSSR count). The largest absolute Gasteiger partial charge is 0.394 e. The molecule has 3 nitrogen and oxygen atoms in total. The molecule has 1 fully saturated rings. The summed E-state index contributed by atoms with van der Waals surface area (Å²) in [5.41, 5.74) is 1.20. The zero-order valence-corrected chi connectivity index (χ0v) is 10.9. The fraction of sp³-hybridized carbons (Fsp3) is 0.600. The predicted molar refractivity (Wildman–Crippen MR) is 70.2 cm³/mol. The second kappa shape index (κ2) is 6.88. The van der Waals surface area contributed by atoms with Crippen molar-refractivity contribution in [3.8, 4) is 0 Å². The maximum Gasteiger partial charge on any atom is 0.0813 e. The molecule has 0 aliphatic carbocycles. The van der Waals surface area contributed by atoms with Gasteiger partial charge in [0.25, 0.3) is 0 Å². The van der Waals surface area contributed by atoms with Gasteiger partial charge in [-0.3, -0.25) is 0 Å². The van der Waals surface area contributed by atoms with Crippen molar-refractivity contribution >= 4 is 0 Å². The van der Waals surface area contributed by atoms with Gasteiger partial charge in [0.05, 0.1) is 25.4 Å². The highest BCUT2D eigenvalue weighted by molar-refractivity contribution is 5.13. The maximum atomic E-state index is 9.07. The molecule has 18 heavy (non-hydrogen) atoms. The molecule has 1 aromatic rings. The quantitative estimate of drug-likeness (QED) is 0.788. The molecule has 0 aromatic heterocycles. The van der Waals surface area contributed by atoms with Crippen molar-refractivity contribution in [1.82, 2.24) is 0 Å². The van der Waals surface area contributed by atoms with Crippen LogP contribution >= 0.6 is 0 Å². The third-order valence-electron chi connectivity index (χ3n) is 3.50. The van der Waals surface area contributed by atoms with Gasteiger partial charge in [0.15, 0.2) is 0 Å². The van der Waals surface area contributed by atoms with Gasteiger partial charge >= 0.3 is 0 Å². The van der Waals surface area contributed by atoms with E-state index in [-0.39, 0.29) is 18.8 Å². The van der Waals surface area contributed by atoms with Crippen molar-refractivity contribution in [3.05, 3.63) is 35.9 Å². The van der Waals surface area contributed by atoms with E-state index in [0.717, 1.165) is 12.8 Å². The normalized spacial score (nSPS) is 27.6. The highest BCUT2D eigenvalue weighted by Gasteiger charge is 2.31.